The molecule has 0 aromatic rings. The molecule has 0 radical (unpaired) electrons. The van der Waals surface area contributed by atoms with Gasteiger partial charge in [0, 0.05) is 30.3 Å². The van der Waals surface area contributed by atoms with Gasteiger partial charge in [-0.25, -0.2) is 8.42 Å². The molecule has 0 aliphatic heterocycles. The maximum absolute atomic E-state index is 12.9. The van der Waals surface area contributed by atoms with Crippen molar-refractivity contribution >= 4 is 40.3 Å². The fourth-order valence-corrected chi connectivity index (χ4v) is 8.44. The molecule has 3 saturated carbocycles. The van der Waals surface area contributed by atoms with Gasteiger partial charge >= 0.3 is 35.5 Å². The topological polar surface area (TPSA) is 158 Å². The molecule has 12 heteroatoms. The second-order valence-electron chi connectivity index (χ2n) is 11.2. The normalized spacial score (nSPS) is 38.5. The van der Waals surface area contributed by atoms with Crippen molar-refractivity contribution < 1.29 is 71.9 Å². The van der Waals surface area contributed by atoms with Crippen LogP contribution in [0.25, 0.3) is 0 Å². The molecule has 0 aromatic carbocycles. The zero-order chi connectivity index (χ0) is 27.1. The molecule has 4 aliphatic rings. The number of carbonyl (C=O) groups excluding carboxylic acids is 3. The summed E-state index contributed by atoms with van der Waals surface area (Å²) in [7, 11) is -4.00. The van der Waals surface area contributed by atoms with Crippen LogP contribution in [0.1, 0.15) is 65.7 Å². The molecular weight excluding hydrogens is 531 g/mol. The smallest absolute Gasteiger partial charge is 0.748 e. The second kappa shape index (κ2) is 12.1. The molecular formula is C25H37NaO9S2. The second-order valence-corrected chi connectivity index (χ2v) is 13.1. The molecule has 37 heavy (non-hydrogen) atoms. The van der Waals surface area contributed by atoms with E-state index in [1.54, 1.807) is 6.08 Å². The molecule has 0 bridgehead atoms. The van der Waals surface area contributed by atoms with Gasteiger partial charge in [0.2, 0.25) is 5.78 Å². The summed E-state index contributed by atoms with van der Waals surface area (Å²) in [5.41, 5.74) is -1.36. The number of ether oxygens (including phenoxy) is 1. The van der Waals surface area contributed by atoms with Crippen molar-refractivity contribution in [1.29, 1.82) is 0 Å². The fraction of sp³-hybridized carbons (Fsp3) is 0.800. The van der Waals surface area contributed by atoms with Gasteiger partial charge in [0.25, 0.3) is 0 Å². The molecule has 0 unspecified atom stereocenters. The van der Waals surface area contributed by atoms with Crippen molar-refractivity contribution in [1.82, 2.24) is 0 Å². The largest absolute Gasteiger partial charge is 1.00 e. The first-order chi connectivity index (χ1) is 16.6. The molecule has 0 heterocycles. The Morgan fingerprint density at radius 2 is 1.86 bits per heavy atom. The number of carbonyl (C=O) groups is 3. The van der Waals surface area contributed by atoms with E-state index in [0.717, 1.165) is 31.3 Å². The van der Waals surface area contributed by atoms with Crippen molar-refractivity contribution in [3.05, 3.63) is 11.6 Å². The van der Waals surface area contributed by atoms with E-state index in [0.29, 0.717) is 19.3 Å². The summed E-state index contributed by atoms with van der Waals surface area (Å²) in [4.78, 5) is 36.0. The molecule has 4 rings (SSSR count). The van der Waals surface area contributed by atoms with Gasteiger partial charge in [-0.3, -0.25) is 14.4 Å². The average molecular weight is 569 g/mol. The molecule has 9 nitrogen and oxygen atoms in total. The molecule has 0 amide bonds. The average Bonchev–Trinajstić information content (AvgIpc) is 3.03. The van der Waals surface area contributed by atoms with Crippen LogP contribution in [0.3, 0.4) is 0 Å². The van der Waals surface area contributed by atoms with Gasteiger partial charge in [-0.05, 0) is 67.8 Å². The Kier molecular flexibility index (Phi) is 10.8. The molecule has 0 spiro atoms. The monoisotopic (exact) mass is 568 g/mol. The predicted molar refractivity (Wildman–Crippen MR) is 133 cm³/mol. The summed E-state index contributed by atoms with van der Waals surface area (Å²) in [5, 5.41) is 22.8. The van der Waals surface area contributed by atoms with Gasteiger partial charge in [-0.2, -0.15) is 12.6 Å². The van der Waals surface area contributed by atoms with Crippen LogP contribution in [0.4, 0.5) is 0 Å². The van der Waals surface area contributed by atoms with Crippen LogP contribution in [0, 0.1) is 28.6 Å². The van der Waals surface area contributed by atoms with E-state index >= 15 is 0 Å². The number of hydrogen-bond acceptors (Lipinski definition) is 10. The van der Waals surface area contributed by atoms with Crippen LogP contribution in [0.5, 0.6) is 0 Å². The zero-order valence-electron chi connectivity index (χ0n) is 22.1. The Hall–Kier alpha value is -0.270. The third-order valence-electron chi connectivity index (χ3n) is 9.26. The maximum Gasteiger partial charge on any atom is 1.00 e. The Morgan fingerprint density at radius 1 is 1.22 bits per heavy atom. The summed E-state index contributed by atoms with van der Waals surface area (Å²) in [6, 6.07) is 0. The van der Waals surface area contributed by atoms with E-state index in [1.165, 1.54) is 6.92 Å². The summed E-state index contributed by atoms with van der Waals surface area (Å²) in [5.74, 6) is -0.738. The van der Waals surface area contributed by atoms with E-state index in [2.05, 4.69) is 19.6 Å². The van der Waals surface area contributed by atoms with E-state index in [4.69, 9.17) is 4.74 Å². The summed E-state index contributed by atoms with van der Waals surface area (Å²) >= 11 is 3.53. The fourth-order valence-electron chi connectivity index (χ4n) is 7.55. The molecule has 3 fully saturated rings. The van der Waals surface area contributed by atoms with E-state index in [9.17, 15) is 37.6 Å². The number of esters is 1. The molecule has 204 valence electrons. The third-order valence-corrected chi connectivity index (χ3v) is 10.5. The number of aliphatic hydroxyl groups is 2. The molecule has 2 N–H and O–H groups in total. The van der Waals surface area contributed by atoms with Gasteiger partial charge in [-0.1, -0.05) is 19.4 Å². The van der Waals surface area contributed by atoms with Crippen molar-refractivity contribution in [2.24, 2.45) is 28.6 Å². The van der Waals surface area contributed by atoms with Gasteiger partial charge < -0.3 is 19.5 Å². The van der Waals surface area contributed by atoms with Crippen LogP contribution < -0.4 is 29.6 Å². The Morgan fingerprint density at radius 3 is 2.41 bits per heavy atom. The van der Waals surface area contributed by atoms with Gasteiger partial charge in [-0.15, -0.1) is 0 Å². The number of ketones is 2. The minimum atomic E-state index is -4.00. The van der Waals surface area contributed by atoms with E-state index < -0.39 is 45.6 Å². The SMILES string of the molecule is CC(=O)OCC(=O)[C@@]1(O)CC[C@H]2[C@@H]3CCC4=CC(=O)CC[C@]4(C)[C@H]3[C@@H](O)C[C@@]21C.O=S(=O)([O-])CCS.[Na+]. The number of thiol groups is 1. The molecule has 0 aromatic heterocycles. The van der Waals surface area contributed by atoms with Crippen LogP contribution in [-0.4, -0.2) is 70.5 Å². The van der Waals surface area contributed by atoms with Gasteiger partial charge in [0.05, 0.1) is 16.2 Å². The number of rotatable bonds is 5. The van der Waals surface area contributed by atoms with Crippen LogP contribution in [0.15, 0.2) is 11.6 Å². The summed E-state index contributed by atoms with van der Waals surface area (Å²) in [6.45, 7) is 4.92. The maximum atomic E-state index is 12.9. The summed E-state index contributed by atoms with van der Waals surface area (Å²) in [6.07, 6.45) is 5.54. The standard InChI is InChI=1S/C23H32O6.C2H6O3S2.Na/c1-13(24)29-12-19(27)23(28)9-7-17-16-5-4-14-10-15(25)6-8-21(14,2)20(16)18(26)11-22(17,23)3;3-7(4,5)2-1-6;/h10,16-18,20,26,28H,4-9,11-12H2,1-3H3;6H,1-2H2,(H,3,4,5);/q;;+1/p-1/t16-,17-,18-,20+,21-,22-,23-;;/m0../s1. The first-order valence-electron chi connectivity index (χ1n) is 12.4. The number of Topliss-reactive ketones (excluding diaryl/α,β-unsaturated/α-hetero) is 1. The predicted octanol–water partition coefficient (Wildman–Crippen LogP) is -1.18. The zero-order valence-corrected chi connectivity index (χ0v) is 25.8. The minimum Gasteiger partial charge on any atom is -0.748 e. The first-order valence-corrected chi connectivity index (χ1v) is 14.7. The van der Waals surface area contributed by atoms with Crippen molar-refractivity contribution in [3.8, 4) is 0 Å². The number of allylic oxidation sites excluding steroid dienone is 1. The molecule has 0 saturated heterocycles. The van der Waals surface area contributed by atoms with Crippen molar-refractivity contribution in [2.45, 2.75) is 77.4 Å². The summed E-state index contributed by atoms with van der Waals surface area (Å²) < 4.78 is 33.8. The van der Waals surface area contributed by atoms with E-state index in [-0.39, 0.29) is 70.0 Å². The van der Waals surface area contributed by atoms with E-state index in [1.807, 2.05) is 6.92 Å². The quantitative estimate of drug-likeness (QED) is 0.161. The number of aliphatic hydroxyl groups excluding tert-OH is 1. The van der Waals surface area contributed by atoms with Gasteiger partial charge in [0.15, 0.2) is 12.4 Å². The Balaban J connectivity index is 0.000000532. The van der Waals surface area contributed by atoms with Crippen molar-refractivity contribution in [3.63, 3.8) is 0 Å². The number of hydrogen-bond donors (Lipinski definition) is 3. The van der Waals surface area contributed by atoms with Crippen LogP contribution in [-0.2, 0) is 29.2 Å². The van der Waals surface area contributed by atoms with Gasteiger partial charge in [0.1, 0.15) is 5.60 Å². The Bertz CT molecular complexity index is 1040. The minimum absolute atomic E-state index is 0. The van der Waals surface area contributed by atoms with Crippen molar-refractivity contribution in [2.75, 3.05) is 18.1 Å². The first kappa shape index (κ1) is 32.9. The molecule has 7 atom stereocenters. The number of fused-ring (bicyclic) bond motifs is 5. The van der Waals surface area contributed by atoms with Crippen LogP contribution in [0.2, 0.25) is 0 Å². The Labute approximate surface area is 246 Å². The van der Waals surface area contributed by atoms with Crippen LogP contribution >= 0.6 is 12.6 Å². The third kappa shape index (κ3) is 6.39. The molecule has 4 aliphatic carbocycles.